The van der Waals surface area contributed by atoms with Crippen LogP contribution in [0.1, 0.15) is 86.0 Å². The Morgan fingerprint density at radius 3 is 2.67 bits per heavy atom. The third kappa shape index (κ3) is 3.30. The van der Waals surface area contributed by atoms with Gasteiger partial charge in [-0.2, -0.15) is 0 Å². The Balaban J connectivity index is 2.17. The molecule has 120 valence electrons. The standard InChI is InChI=1S/C21H36/c1-7-9-16(2)10-12-18-17(3)11-13-19-20(4,5)14-8-15-21(18,19)6/h9,18-19H,3,7-8,10-15H2,1-2,4-6H3/b16-9+/t18-,19?,21+/m1/s1. The predicted octanol–water partition coefficient (Wildman–Crippen LogP) is 6.92. The Labute approximate surface area is 133 Å². The minimum absolute atomic E-state index is 0.504. The Morgan fingerprint density at radius 2 is 2.00 bits per heavy atom. The number of hydrogen-bond acceptors (Lipinski definition) is 0. The van der Waals surface area contributed by atoms with Gasteiger partial charge in [-0.05, 0) is 74.5 Å². The summed E-state index contributed by atoms with van der Waals surface area (Å²) in [5, 5.41) is 0. The van der Waals surface area contributed by atoms with Crippen molar-refractivity contribution in [1.29, 1.82) is 0 Å². The van der Waals surface area contributed by atoms with E-state index < -0.39 is 0 Å². The van der Waals surface area contributed by atoms with Gasteiger partial charge in [0.1, 0.15) is 0 Å². The average Bonchev–Trinajstić information content (AvgIpc) is 2.37. The third-order valence-corrected chi connectivity index (χ3v) is 6.70. The Kier molecular flexibility index (Phi) is 5.06. The molecule has 0 aromatic rings. The fourth-order valence-electron chi connectivity index (χ4n) is 5.63. The lowest BCUT2D eigenvalue weighted by Crippen LogP contribution is -2.49. The SMILES string of the molecule is C=C1CCC2C(C)(C)CCC[C@@]2(C)[C@@H]1CC/C(C)=C/CC. The van der Waals surface area contributed by atoms with Gasteiger partial charge in [0.15, 0.2) is 0 Å². The first-order chi connectivity index (χ1) is 9.81. The van der Waals surface area contributed by atoms with E-state index in [1.54, 1.807) is 11.1 Å². The summed E-state index contributed by atoms with van der Waals surface area (Å²) in [7, 11) is 0. The summed E-state index contributed by atoms with van der Waals surface area (Å²) >= 11 is 0. The van der Waals surface area contributed by atoms with Crippen LogP contribution in [-0.4, -0.2) is 0 Å². The Bertz CT molecular complexity index is 412. The molecule has 2 aliphatic carbocycles. The van der Waals surface area contributed by atoms with E-state index in [9.17, 15) is 0 Å². The van der Waals surface area contributed by atoms with Gasteiger partial charge >= 0.3 is 0 Å². The van der Waals surface area contributed by atoms with Crippen LogP contribution in [0.25, 0.3) is 0 Å². The molecule has 2 rings (SSSR count). The Morgan fingerprint density at radius 1 is 1.29 bits per heavy atom. The van der Waals surface area contributed by atoms with E-state index in [0.717, 1.165) is 11.8 Å². The molecule has 0 aromatic heterocycles. The van der Waals surface area contributed by atoms with Crippen molar-refractivity contribution >= 4 is 0 Å². The first-order valence-electron chi connectivity index (χ1n) is 9.14. The van der Waals surface area contributed by atoms with Crippen molar-refractivity contribution in [1.82, 2.24) is 0 Å². The highest BCUT2D eigenvalue weighted by Crippen LogP contribution is 2.61. The van der Waals surface area contributed by atoms with Crippen molar-refractivity contribution in [2.24, 2.45) is 22.7 Å². The quantitative estimate of drug-likeness (QED) is 0.492. The van der Waals surface area contributed by atoms with Crippen LogP contribution in [0.4, 0.5) is 0 Å². The van der Waals surface area contributed by atoms with Crippen LogP contribution in [0.15, 0.2) is 23.8 Å². The topological polar surface area (TPSA) is 0 Å². The summed E-state index contributed by atoms with van der Waals surface area (Å²) in [6.07, 6.45) is 13.1. The number of fused-ring (bicyclic) bond motifs is 1. The maximum absolute atomic E-state index is 4.48. The average molecular weight is 289 g/mol. The maximum Gasteiger partial charge on any atom is -0.0146 e. The fraction of sp³-hybridized carbons (Fsp3) is 0.810. The minimum atomic E-state index is 0.504. The highest BCUT2D eigenvalue weighted by atomic mass is 14.6. The van der Waals surface area contributed by atoms with Crippen LogP contribution in [-0.2, 0) is 0 Å². The molecule has 2 aliphatic rings. The summed E-state index contributed by atoms with van der Waals surface area (Å²) in [4.78, 5) is 0. The lowest BCUT2D eigenvalue weighted by Gasteiger charge is -2.58. The van der Waals surface area contributed by atoms with Crippen molar-refractivity contribution in [3.05, 3.63) is 23.8 Å². The highest BCUT2D eigenvalue weighted by Gasteiger charge is 2.52. The van der Waals surface area contributed by atoms with E-state index in [1.807, 2.05) is 0 Å². The molecule has 2 saturated carbocycles. The van der Waals surface area contributed by atoms with Crippen molar-refractivity contribution in [3.8, 4) is 0 Å². The number of hydrogen-bond donors (Lipinski definition) is 0. The molecule has 0 heteroatoms. The molecule has 0 bridgehead atoms. The fourth-order valence-corrected chi connectivity index (χ4v) is 5.63. The second kappa shape index (κ2) is 6.31. The molecule has 1 unspecified atom stereocenters. The zero-order valence-corrected chi connectivity index (χ0v) is 15.1. The molecule has 0 radical (unpaired) electrons. The van der Waals surface area contributed by atoms with Gasteiger partial charge in [0, 0.05) is 0 Å². The van der Waals surface area contributed by atoms with Crippen molar-refractivity contribution in [3.63, 3.8) is 0 Å². The zero-order chi connectivity index (χ0) is 15.7. The van der Waals surface area contributed by atoms with Crippen LogP contribution in [0.3, 0.4) is 0 Å². The number of allylic oxidation sites excluding steroid dienone is 3. The van der Waals surface area contributed by atoms with E-state index in [1.165, 1.54) is 51.4 Å². The third-order valence-electron chi connectivity index (χ3n) is 6.70. The molecule has 0 heterocycles. The molecular weight excluding hydrogens is 252 g/mol. The molecule has 0 aliphatic heterocycles. The summed E-state index contributed by atoms with van der Waals surface area (Å²) in [5.41, 5.74) is 4.16. The second-order valence-corrected chi connectivity index (χ2v) is 8.65. The van der Waals surface area contributed by atoms with Crippen LogP contribution in [0.5, 0.6) is 0 Å². The smallest absolute Gasteiger partial charge is 0.0146 e. The van der Waals surface area contributed by atoms with E-state index in [0.29, 0.717) is 10.8 Å². The predicted molar refractivity (Wildman–Crippen MR) is 94.4 cm³/mol. The molecule has 3 atom stereocenters. The van der Waals surface area contributed by atoms with Crippen LogP contribution >= 0.6 is 0 Å². The lowest BCUT2D eigenvalue weighted by atomic mass is 9.47. The van der Waals surface area contributed by atoms with Gasteiger partial charge in [-0.1, -0.05) is 57.9 Å². The van der Waals surface area contributed by atoms with Crippen molar-refractivity contribution in [2.75, 3.05) is 0 Å². The molecule has 0 saturated heterocycles. The first kappa shape index (κ1) is 16.8. The van der Waals surface area contributed by atoms with Crippen molar-refractivity contribution in [2.45, 2.75) is 86.0 Å². The molecule has 0 aromatic carbocycles. The molecule has 2 fully saturated rings. The van der Waals surface area contributed by atoms with Gasteiger partial charge < -0.3 is 0 Å². The molecule has 0 N–H and O–H groups in total. The number of rotatable bonds is 4. The van der Waals surface area contributed by atoms with Gasteiger partial charge in [-0.3, -0.25) is 0 Å². The first-order valence-corrected chi connectivity index (χ1v) is 9.14. The molecule has 0 nitrogen and oxygen atoms in total. The maximum atomic E-state index is 4.48. The Hall–Kier alpha value is -0.520. The molecule has 0 amide bonds. The molecule has 0 spiro atoms. The lowest BCUT2D eigenvalue weighted by molar-refractivity contribution is -0.0539. The van der Waals surface area contributed by atoms with Crippen LogP contribution in [0, 0.1) is 22.7 Å². The molecule has 21 heavy (non-hydrogen) atoms. The van der Waals surface area contributed by atoms with E-state index in [-0.39, 0.29) is 0 Å². The van der Waals surface area contributed by atoms with E-state index >= 15 is 0 Å². The monoisotopic (exact) mass is 288 g/mol. The summed E-state index contributed by atoms with van der Waals surface area (Å²) in [6.45, 7) is 16.7. The van der Waals surface area contributed by atoms with Gasteiger partial charge in [0.25, 0.3) is 0 Å². The van der Waals surface area contributed by atoms with Gasteiger partial charge in [0.2, 0.25) is 0 Å². The van der Waals surface area contributed by atoms with Gasteiger partial charge in [0.05, 0.1) is 0 Å². The van der Waals surface area contributed by atoms with Crippen LogP contribution in [0.2, 0.25) is 0 Å². The summed E-state index contributed by atoms with van der Waals surface area (Å²) in [5.74, 6) is 1.64. The summed E-state index contributed by atoms with van der Waals surface area (Å²) < 4.78 is 0. The van der Waals surface area contributed by atoms with Crippen LogP contribution < -0.4 is 0 Å². The van der Waals surface area contributed by atoms with Gasteiger partial charge in [-0.25, -0.2) is 0 Å². The van der Waals surface area contributed by atoms with E-state index in [2.05, 4.69) is 47.3 Å². The van der Waals surface area contributed by atoms with Gasteiger partial charge in [-0.15, -0.1) is 0 Å². The highest BCUT2D eigenvalue weighted by molar-refractivity contribution is 5.16. The summed E-state index contributed by atoms with van der Waals surface area (Å²) in [6, 6.07) is 0. The van der Waals surface area contributed by atoms with E-state index in [4.69, 9.17) is 0 Å². The second-order valence-electron chi connectivity index (χ2n) is 8.65. The largest absolute Gasteiger partial charge is 0.0996 e. The van der Waals surface area contributed by atoms with Crippen molar-refractivity contribution < 1.29 is 0 Å². The zero-order valence-electron chi connectivity index (χ0n) is 15.1. The minimum Gasteiger partial charge on any atom is -0.0996 e. The molecular formula is C21H36. The normalized spacial score (nSPS) is 36.4.